The highest BCUT2D eigenvalue weighted by Gasteiger charge is 2.26. The molecule has 0 saturated carbocycles. The average Bonchev–Trinajstić information content (AvgIpc) is 2.54. The number of rotatable bonds is 4. The fourth-order valence-electron chi connectivity index (χ4n) is 2.91. The van der Waals surface area contributed by atoms with Crippen molar-refractivity contribution in [3.8, 4) is 5.75 Å². The van der Waals surface area contributed by atoms with Crippen molar-refractivity contribution < 1.29 is 4.74 Å². The molecule has 1 heterocycles. The molecule has 0 amide bonds. The second kappa shape index (κ2) is 7.10. The van der Waals surface area contributed by atoms with Crippen LogP contribution in [0.3, 0.4) is 0 Å². The Labute approximate surface area is 134 Å². The van der Waals surface area contributed by atoms with Gasteiger partial charge in [-0.2, -0.15) is 0 Å². The zero-order valence-corrected chi connectivity index (χ0v) is 13.6. The highest BCUT2D eigenvalue weighted by atomic mass is 79.9. The molecule has 1 aliphatic rings. The zero-order valence-electron chi connectivity index (χ0n) is 12.0. The Kier molecular flexibility index (Phi) is 4.94. The Hall–Kier alpha value is -1.32. The molecule has 110 valence electrons. The molecule has 0 aliphatic carbocycles. The summed E-state index contributed by atoms with van der Waals surface area (Å²) >= 11 is 3.51. The maximum Gasteiger partial charge on any atom is 0.127 e. The lowest BCUT2D eigenvalue weighted by atomic mass is 9.88. The molecule has 3 heteroatoms. The summed E-state index contributed by atoms with van der Waals surface area (Å²) < 4.78 is 7.42. The van der Waals surface area contributed by atoms with Crippen molar-refractivity contribution in [1.29, 1.82) is 0 Å². The predicted octanol–water partition coefficient (Wildman–Crippen LogP) is 4.57. The van der Waals surface area contributed by atoms with Gasteiger partial charge in [0, 0.05) is 10.4 Å². The summed E-state index contributed by atoms with van der Waals surface area (Å²) in [6.07, 6.45) is 2.45. The molecule has 0 spiro atoms. The van der Waals surface area contributed by atoms with Crippen molar-refractivity contribution in [2.75, 3.05) is 13.1 Å². The molecule has 1 N–H and O–H groups in total. The zero-order chi connectivity index (χ0) is 14.5. The first kappa shape index (κ1) is 14.6. The van der Waals surface area contributed by atoms with E-state index in [2.05, 4.69) is 51.6 Å². The normalized spacial score (nSPS) is 17.4. The summed E-state index contributed by atoms with van der Waals surface area (Å²) in [6.45, 7) is 2.16. The molecule has 21 heavy (non-hydrogen) atoms. The van der Waals surface area contributed by atoms with E-state index in [-0.39, 0.29) is 6.10 Å². The van der Waals surface area contributed by atoms with E-state index in [4.69, 9.17) is 4.74 Å². The average molecular weight is 346 g/mol. The van der Waals surface area contributed by atoms with Crippen LogP contribution in [0.4, 0.5) is 0 Å². The number of ether oxygens (including phenoxy) is 1. The molecular formula is C18H20BrNO. The van der Waals surface area contributed by atoms with Gasteiger partial charge in [-0.05, 0) is 49.7 Å². The van der Waals surface area contributed by atoms with E-state index < -0.39 is 0 Å². The van der Waals surface area contributed by atoms with Crippen molar-refractivity contribution in [2.45, 2.75) is 18.9 Å². The Balaban J connectivity index is 1.85. The molecular weight excluding hydrogens is 326 g/mol. The van der Waals surface area contributed by atoms with Gasteiger partial charge in [0.05, 0.1) is 0 Å². The van der Waals surface area contributed by atoms with Crippen LogP contribution in [0, 0.1) is 5.92 Å². The summed E-state index contributed by atoms with van der Waals surface area (Å²) in [6, 6.07) is 18.7. The van der Waals surface area contributed by atoms with E-state index in [1.807, 2.05) is 24.3 Å². The Morgan fingerprint density at radius 3 is 2.48 bits per heavy atom. The first-order chi connectivity index (χ1) is 10.3. The fraction of sp³-hybridized carbons (Fsp3) is 0.333. The van der Waals surface area contributed by atoms with Gasteiger partial charge in [-0.1, -0.05) is 52.3 Å². The first-order valence-corrected chi connectivity index (χ1v) is 8.30. The van der Waals surface area contributed by atoms with E-state index in [0.717, 1.165) is 36.2 Å². The highest BCUT2D eigenvalue weighted by Crippen LogP contribution is 2.34. The van der Waals surface area contributed by atoms with E-state index >= 15 is 0 Å². The molecule has 1 unspecified atom stereocenters. The van der Waals surface area contributed by atoms with Gasteiger partial charge in [0.15, 0.2) is 0 Å². The minimum Gasteiger partial charge on any atom is -0.485 e. The highest BCUT2D eigenvalue weighted by molar-refractivity contribution is 9.10. The third-order valence-corrected chi connectivity index (χ3v) is 4.49. The lowest BCUT2D eigenvalue weighted by Crippen LogP contribution is -2.32. The van der Waals surface area contributed by atoms with Crippen LogP contribution in [-0.2, 0) is 0 Å². The minimum absolute atomic E-state index is 0.127. The van der Waals surface area contributed by atoms with Gasteiger partial charge in [0.1, 0.15) is 11.9 Å². The Morgan fingerprint density at radius 2 is 1.76 bits per heavy atom. The topological polar surface area (TPSA) is 21.3 Å². The standard InChI is InChI=1S/C18H20BrNO/c19-16-7-4-8-17(13-16)21-18(14-5-2-1-3-6-14)15-9-11-20-12-10-15/h1-8,13,15,18,20H,9-12H2. The van der Waals surface area contributed by atoms with Crippen LogP contribution in [0.2, 0.25) is 0 Å². The Bertz CT molecular complexity index is 566. The molecule has 1 atom stereocenters. The van der Waals surface area contributed by atoms with E-state index in [1.54, 1.807) is 0 Å². The van der Waals surface area contributed by atoms with Crippen LogP contribution in [0.15, 0.2) is 59.1 Å². The number of halogens is 1. The Morgan fingerprint density at radius 1 is 1.00 bits per heavy atom. The molecule has 2 nitrogen and oxygen atoms in total. The second-order valence-electron chi connectivity index (χ2n) is 5.49. The van der Waals surface area contributed by atoms with Crippen molar-refractivity contribution in [2.24, 2.45) is 5.92 Å². The second-order valence-corrected chi connectivity index (χ2v) is 6.41. The third kappa shape index (κ3) is 3.86. The van der Waals surface area contributed by atoms with Crippen molar-refractivity contribution in [3.63, 3.8) is 0 Å². The molecule has 0 radical (unpaired) electrons. The van der Waals surface area contributed by atoms with Crippen LogP contribution in [-0.4, -0.2) is 13.1 Å². The molecule has 1 fully saturated rings. The van der Waals surface area contributed by atoms with Gasteiger partial charge in [-0.25, -0.2) is 0 Å². The largest absolute Gasteiger partial charge is 0.485 e. The van der Waals surface area contributed by atoms with Crippen LogP contribution in [0.1, 0.15) is 24.5 Å². The SMILES string of the molecule is Brc1cccc(OC(c2ccccc2)C2CCNCC2)c1. The molecule has 2 aromatic carbocycles. The summed E-state index contributed by atoms with van der Waals surface area (Å²) in [4.78, 5) is 0. The molecule has 0 aromatic heterocycles. The molecule has 1 aliphatic heterocycles. The van der Waals surface area contributed by atoms with E-state index in [9.17, 15) is 0 Å². The van der Waals surface area contributed by atoms with Crippen molar-refractivity contribution in [3.05, 3.63) is 64.6 Å². The minimum atomic E-state index is 0.127. The van der Waals surface area contributed by atoms with Crippen molar-refractivity contribution in [1.82, 2.24) is 5.32 Å². The van der Waals surface area contributed by atoms with E-state index in [1.165, 1.54) is 5.56 Å². The third-order valence-electron chi connectivity index (χ3n) is 4.00. The number of hydrogen-bond donors (Lipinski definition) is 1. The van der Waals surface area contributed by atoms with Crippen LogP contribution < -0.4 is 10.1 Å². The van der Waals surface area contributed by atoms with Crippen LogP contribution in [0.5, 0.6) is 5.75 Å². The summed E-state index contributed by atoms with van der Waals surface area (Å²) in [5.41, 5.74) is 1.27. The number of nitrogens with one attached hydrogen (secondary N) is 1. The fourth-order valence-corrected chi connectivity index (χ4v) is 3.29. The van der Waals surface area contributed by atoms with E-state index in [0.29, 0.717) is 5.92 Å². The lowest BCUT2D eigenvalue weighted by molar-refractivity contribution is 0.112. The number of hydrogen-bond acceptors (Lipinski definition) is 2. The van der Waals surface area contributed by atoms with Crippen LogP contribution >= 0.6 is 15.9 Å². The maximum absolute atomic E-state index is 6.36. The van der Waals surface area contributed by atoms with Crippen LogP contribution in [0.25, 0.3) is 0 Å². The van der Waals surface area contributed by atoms with Gasteiger partial charge < -0.3 is 10.1 Å². The van der Waals surface area contributed by atoms with Gasteiger partial charge in [-0.15, -0.1) is 0 Å². The summed E-state index contributed by atoms with van der Waals surface area (Å²) in [7, 11) is 0. The first-order valence-electron chi connectivity index (χ1n) is 7.51. The quantitative estimate of drug-likeness (QED) is 0.876. The van der Waals surface area contributed by atoms with Gasteiger partial charge in [-0.3, -0.25) is 0 Å². The van der Waals surface area contributed by atoms with Crippen molar-refractivity contribution >= 4 is 15.9 Å². The predicted molar refractivity (Wildman–Crippen MR) is 89.5 cm³/mol. The number of piperidine rings is 1. The monoisotopic (exact) mass is 345 g/mol. The summed E-state index contributed by atoms with van der Waals surface area (Å²) in [5, 5.41) is 3.43. The summed E-state index contributed by atoms with van der Waals surface area (Å²) in [5.74, 6) is 1.49. The molecule has 1 saturated heterocycles. The molecule has 0 bridgehead atoms. The lowest BCUT2D eigenvalue weighted by Gasteiger charge is -2.31. The van der Waals surface area contributed by atoms with Gasteiger partial charge in [0.25, 0.3) is 0 Å². The maximum atomic E-state index is 6.36. The molecule has 3 rings (SSSR count). The number of benzene rings is 2. The molecule has 2 aromatic rings. The van der Waals surface area contributed by atoms with Gasteiger partial charge >= 0.3 is 0 Å². The smallest absolute Gasteiger partial charge is 0.127 e. The van der Waals surface area contributed by atoms with Gasteiger partial charge in [0.2, 0.25) is 0 Å².